The van der Waals surface area contributed by atoms with Gasteiger partial charge in [0.05, 0.1) is 5.02 Å². The molecule has 0 N–H and O–H groups in total. The van der Waals surface area contributed by atoms with Gasteiger partial charge in [0.1, 0.15) is 0 Å². The molecule has 0 fully saturated rings. The molecule has 0 aliphatic carbocycles. The van der Waals surface area contributed by atoms with Gasteiger partial charge < -0.3 is 18.8 Å². The van der Waals surface area contributed by atoms with E-state index in [9.17, 15) is 9.59 Å². The van der Waals surface area contributed by atoms with E-state index in [1.807, 2.05) is 31.4 Å². The molecule has 0 spiro atoms. The molecule has 1 aromatic heterocycles. The van der Waals surface area contributed by atoms with Crippen LogP contribution in [0.25, 0.3) is 6.08 Å². The maximum atomic E-state index is 12.3. The fourth-order valence-electron chi connectivity index (χ4n) is 3.08. The van der Waals surface area contributed by atoms with Crippen LogP contribution >= 0.6 is 11.6 Å². The topological polar surface area (TPSA) is 66.8 Å². The summed E-state index contributed by atoms with van der Waals surface area (Å²) in [6.45, 7) is 6.44. The molecule has 1 aromatic carbocycles. The zero-order valence-corrected chi connectivity index (χ0v) is 16.1. The average Bonchev–Trinajstić information content (AvgIpc) is 3.22. The Bertz CT molecular complexity index is 929. The van der Waals surface area contributed by atoms with E-state index in [1.54, 1.807) is 18.2 Å². The predicted octanol–water partition coefficient (Wildman–Crippen LogP) is 3.95. The molecule has 2 heterocycles. The van der Waals surface area contributed by atoms with Crippen molar-refractivity contribution in [3.05, 3.63) is 51.8 Å². The van der Waals surface area contributed by atoms with E-state index in [4.69, 9.17) is 25.8 Å². The molecule has 27 heavy (non-hydrogen) atoms. The Hall–Kier alpha value is -2.73. The molecule has 0 radical (unpaired) electrons. The highest BCUT2D eigenvalue weighted by atomic mass is 35.5. The number of aryl methyl sites for hydroxylation is 1. The number of Topliss-reactive ketones (excluding diaryl/α,β-unsaturated/α-hetero) is 1. The highest BCUT2D eigenvalue weighted by Crippen LogP contribution is 2.40. The summed E-state index contributed by atoms with van der Waals surface area (Å²) >= 11 is 6.10. The number of benzene rings is 1. The van der Waals surface area contributed by atoms with E-state index >= 15 is 0 Å². The van der Waals surface area contributed by atoms with Gasteiger partial charge in [0, 0.05) is 29.6 Å². The Balaban J connectivity index is 1.61. The van der Waals surface area contributed by atoms with Gasteiger partial charge in [-0.1, -0.05) is 11.6 Å². The standard InChI is InChI=1S/C20H20ClNO5/c1-4-22-12(2)7-15(13(22)3)17(23)10-25-19(24)6-5-14-8-16(21)20-18(9-14)26-11-27-20/h5-9H,4,10-11H2,1-3H3/b6-5+. The molecule has 0 atom stereocenters. The molecule has 2 aromatic rings. The summed E-state index contributed by atoms with van der Waals surface area (Å²) in [5.74, 6) is 0.181. The van der Waals surface area contributed by atoms with Crippen molar-refractivity contribution in [3.63, 3.8) is 0 Å². The Morgan fingerprint density at radius 2 is 2.04 bits per heavy atom. The number of carbonyl (C=O) groups is 2. The summed E-state index contributed by atoms with van der Waals surface area (Å²) in [5, 5.41) is 0.402. The van der Waals surface area contributed by atoms with Gasteiger partial charge in [-0.2, -0.15) is 0 Å². The van der Waals surface area contributed by atoms with Gasteiger partial charge >= 0.3 is 5.97 Å². The number of fused-ring (bicyclic) bond motifs is 1. The van der Waals surface area contributed by atoms with Crippen LogP contribution in [0.4, 0.5) is 0 Å². The molecule has 0 saturated carbocycles. The third-order valence-electron chi connectivity index (χ3n) is 4.40. The lowest BCUT2D eigenvalue weighted by atomic mass is 10.1. The summed E-state index contributed by atoms with van der Waals surface area (Å²) < 4.78 is 17.6. The van der Waals surface area contributed by atoms with Gasteiger partial charge in [0.25, 0.3) is 0 Å². The number of esters is 1. The summed E-state index contributed by atoms with van der Waals surface area (Å²) in [5.41, 5.74) is 3.12. The summed E-state index contributed by atoms with van der Waals surface area (Å²) in [6, 6.07) is 5.19. The van der Waals surface area contributed by atoms with Crippen LogP contribution < -0.4 is 9.47 Å². The number of hydrogen-bond acceptors (Lipinski definition) is 5. The molecule has 1 aliphatic rings. The lowest BCUT2D eigenvalue weighted by molar-refractivity contribution is -0.136. The first-order chi connectivity index (χ1) is 12.9. The van der Waals surface area contributed by atoms with Crippen molar-refractivity contribution in [2.45, 2.75) is 27.3 Å². The predicted molar refractivity (Wildman–Crippen MR) is 101 cm³/mol. The van der Waals surface area contributed by atoms with Crippen LogP contribution in [0.2, 0.25) is 5.02 Å². The molecule has 0 bridgehead atoms. The fourth-order valence-corrected chi connectivity index (χ4v) is 3.35. The number of halogens is 1. The largest absolute Gasteiger partial charge is 0.454 e. The minimum atomic E-state index is -0.610. The molecular weight excluding hydrogens is 370 g/mol. The van der Waals surface area contributed by atoms with E-state index in [0.29, 0.717) is 27.6 Å². The van der Waals surface area contributed by atoms with Crippen molar-refractivity contribution >= 4 is 29.4 Å². The molecule has 0 saturated heterocycles. The SMILES string of the molecule is CCn1c(C)cc(C(=O)COC(=O)/C=C/c2cc(Cl)c3c(c2)OCO3)c1C. The minimum Gasteiger partial charge on any atom is -0.454 e. The maximum absolute atomic E-state index is 12.3. The normalized spacial score (nSPS) is 12.6. The number of ether oxygens (including phenoxy) is 3. The summed E-state index contributed by atoms with van der Waals surface area (Å²) in [7, 11) is 0. The molecule has 3 rings (SSSR count). The van der Waals surface area contributed by atoms with Crippen LogP contribution in [-0.4, -0.2) is 29.7 Å². The van der Waals surface area contributed by atoms with Crippen LogP contribution in [-0.2, 0) is 16.1 Å². The molecular formula is C20H20ClNO5. The van der Waals surface area contributed by atoms with Crippen LogP contribution in [0, 0.1) is 13.8 Å². The van der Waals surface area contributed by atoms with Crippen molar-refractivity contribution in [2.24, 2.45) is 0 Å². The zero-order valence-electron chi connectivity index (χ0n) is 15.4. The first-order valence-electron chi connectivity index (χ1n) is 8.54. The van der Waals surface area contributed by atoms with Crippen molar-refractivity contribution in [1.29, 1.82) is 0 Å². The number of carbonyl (C=O) groups excluding carboxylic acids is 2. The van der Waals surface area contributed by atoms with Crippen LogP contribution in [0.15, 0.2) is 24.3 Å². The highest BCUT2D eigenvalue weighted by molar-refractivity contribution is 6.32. The van der Waals surface area contributed by atoms with Crippen molar-refractivity contribution in [2.75, 3.05) is 13.4 Å². The van der Waals surface area contributed by atoms with E-state index in [-0.39, 0.29) is 19.2 Å². The fraction of sp³-hybridized carbons (Fsp3) is 0.300. The van der Waals surface area contributed by atoms with Crippen molar-refractivity contribution in [1.82, 2.24) is 4.57 Å². The molecule has 0 amide bonds. The van der Waals surface area contributed by atoms with Gasteiger partial charge in [-0.15, -0.1) is 0 Å². The first kappa shape index (κ1) is 19.0. The number of ketones is 1. The highest BCUT2D eigenvalue weighted by Gasteiger charge is 2.18. The number of nitrogens with zero attached hydrogens (tertiary/aromatic N) is 1. The van der Waals surface area contributed by atoms with Gasteiger partial charge in [0.15, 0.2) is 18.1 Å². The first-order valence-corrected chi connectivity index (χ1v) is 8.92. The van der Waals surface area contributed by atoms with Gasteiger partial charge in [-0.3, -0.25) is 4.79 Å². The molecule has 1 aliphatic heterocycles. The van der Waals surface area contributed by atoms with E-state index in [1.165, 1.54) is 6.08 Å². The lowest BCUT2D eigenvalue weighted by Gasteiger charge is -2.06. The molecule has 142 valence electrons. The van der Waals surface area contributed by atoms with Crippen LogP contribution in [0.3, 0.4) is 0 Å². The van der Waals surface area contributed by atoms with Gasteiger partial charge in [-0.05, 0) is 50.6 Å². The summed E-state index contributed by atoms with van der Waals surface area (Å²) in [6.07, 6.45) is 2.79. The average molecular weight is 390 g/mol. The van der Waals surface area contributed by atoms with Crippen molar-refractivity contribution in [3.8, 4) is 11.5 Å². The Morgan fingerprint density at radius 1 is 1.26 bits per heavy atom. The third-order valence-corrected chi connectivity index (χ3v) is 4.68. The third kappa shape index (κ3) is 4.01. The second kappa shape index (κ2) is 7.88. The number of aromatic nitrogens is 1. The second-order valence-corrected chi connectivity index (χ2v) is 6.54. The van der Waals surface area contributed by atoms with Crippen molar-refractivity contribution < 1.29 is 23.8 Å². The maximum Gasteiger partial charge on any atom is 0.331 e. The van der Waals surface area contributed by atoms with Crippen LogP contribution in [0.5, 0.6) is 11.5 Å². The van der Waals surface area contributed by atoms with E-state index in [0.717, 1.165) is 17.9 Å². The number of rotatable bonds is 6. The Morgan fingerprint density at radius 3 is 2.74 bits per heavy atom. The smallest absolute Gasteiger partial charge is 0.331 e. The Labute approximate surface area is 162 Å². The van der Waals surface area contributed by atoms with Crippen LogP contribution in [0.1, 0.15) is 34.2 Å². The van der Waals surface area contributed by atoms with Gasteiger partial charge in [-0.25, -0.2) is 4.79 Å². The second-order valence-electron chi connectivity index (χ2n) is 6.13. The van der Waals surface area contributed by atoms with E-state index in [2.05, 4.69) is 0 Å². The lowest BCUT2D eigenvalue weighted by Crippen LogP contribution is -2.13. The quantitative estimate of drug-likeness (QED) is 0.425. The Kier molecular flexibility index (Phi) is 5.56. The molecule has 0 unspecified atom stereocenters. The minimum absolute atomic E-state index is 0.116. The number of hydrogen-bond donors (Lipinski definition) is 0. The summed E-state index contributed by atoms with van der Waals surface area (Å²) in [4.78, 5) is 24.3. The monoisotopic (exact) mass is 389 g/mol. The molecule has 6 nitrogen and oxygen atoms in total. The van der Waals surface area contributed by atoms with E-state index < -0.39 is 5.97 Å². The zero-order chi connectivity index (χ0) is 19.6. The molecule has 7 heteroatoms. The van der Waals surface area contributed by atoms with Gasteiger partial charge in [0.2, 0.25) is 12.6 Å².